The molecule has 8 nitrogen and oxygen atoms in total. The van der Waals surface area contributed by atoms with Crippen LogP contribution in [0.4, 0.5) is 11.6 Å². The van der Waals surface area contributed by atoms with Crippen LogP contribution in [0.15, 0.2) is 42.6 Å². The first-order valence-corrected chi connectivity index (χ1v) is 11.3. The van der Waals surface area contributed by atoms with Crippen LogP contribution in [-0.2, 0) is 0 Å². The molecule has 0 bridgehead atoms. The summed E-state index contributed by atoms with van der Waals surface area (Å²) < 4.78 is 6.16. The van der Waals surface area contributed by atoms with E-state index in [-0.39, 0.29) is 6.04 Å². The highest BCUT2D eigenvalue weighted by Gasteiger charge is 2.21. The minimum Gasteiger partial charge on any atom is -0.438 e. The summed E-state index contributed by atoms with van der Waals surface area (Å²) >= 11 is 0. The lowest BCUT2D eigenvalue weighted by molar-refractivity contribution is 0.100. The molecule has 3 aromatic rings. The van der Waals surface area contributed by atoms with E-state index in [1.54, 1.807) is 12.3 Å². The van der Waals surface area contributed by atoms with Crippen molar-refractivity contribution in [2.24, 2.45) is 5.73 Å². The van der Waals surface area contributed by atoms with Crippen LogP contribution in [0.1, 0.15) is 45.5 Å². The molecule has 3 N–H and O–H groups in total. The monoisotopic (exact) mass is 456 g/mol. The van der Waals surface area contributed by atoms with Crippen LogP contribution in [0.2, 0.25) is 0 Å². The van der Waals surface area contributed by atoms with Gasteiger partial charge in [-0.05, 0) is 75.1 Å². The number of carbonyl (C=O) groups excluding carboxylic acids is 1. The second-order valence-corrected chi connectivity index (χ2v) is 8.66. The van der Waals surface area contributed by atoms with Crippen molar-refractivity contribution in [1.29, 1.82) is 5.26 Å². The number of nitrogens with one attached hydrogen (secondary N) is 1. The zero-order valence-electron chi connectivity index (χ0n) is 19.6. The van der Waals surface area contributed by atoms with Crippen molar-refractivity contribution in [2.75, 3.05) is 23.3 Å². The van der Waals surface area contributed by atoms with Gasteiger partial charge in [-0.15, -0.1) is 0 Å². The number of ether oxygens (including phenoxy) is 1. The molecule has 8 heteroatoms. The van der Waals surface area contributed by atoms with E-state index < -0.39 is 5.91 Å². The summed E-state index contributed by atoms with van der Waals surface area (Å²) in [6.45, 7) is 7.45. The number of anilines is 2. The van der Waals surface area contributed by atoms with Gasteiger partial charge < -0.3 is 20.7 Å². The zero-order chi connectivity index (χ0) is 24.2. The van der Waals surface area contributed by atoms with Crippen molar-refractivity contribution in [3.63, 3.8) is 0 Å². The van der Waals surface area contributed by atoms with Gasteiger partial charge in [0.05, 0.1) is 11.6 Å². The molecule has 1 fully saturated rings. The molecular weight excluding hydrogens is 428 g/mol. The van der Waals surface area contributed by atoms with Crippen LogP contribution in [0.25, 0.3) is 0 Å². The molecule has 2 heterocycles. The Hall–Kier alpha value is -4.12. The molecule has 1 aliphatic rings. The molecule has 1 amide bonds. The quantitative estimate of drug-likeness (QED) is 0.569. The molecule has 1 saturated heterocycles. The van der Waals surface area contributed by atoms with Crippen LogP contribution < -0.4 is 20.7 Å². The summed E-state index contributed by atoms with van der Waals surface area (Å²) in [5.74, 6) is 1.31. The molecule has 2 aromatic carbocycles. The van der Waals surface area contributed by atoms with Crippen molar-refractivity contribution in [2.45, 2.75) is 39.7 Å². The number of hydrogen-bond donors (Lipinski definition) is 2. The highest BCUT2D eigenvalue weighted by molar-refractivity contribution is 5.93. The first-order chi connectivity index (χ1) is 16.3. The van der Waals surface area contributed by atoms with E-state index >= 15 is 0 Å². The zero-order valence-corrected chi connectivity index (χ0v) is 19.6. The molecule has 0 spiro atoms. The second kappa shape index (κ2) is 9.79. The summed E-state index contributed by atoms with van der Waals surface area (Å²) in [5, 5.41) is 12.6. The molecule has 4 rings (SSSR count). The number of aromatic nitrogens is 2. The van der Waals surface area contributed by atoms with Crippen LogP contribution in [0.3, 0.4) is 0 Å². The second-order valence-electron chi connectivity index (χ2n) is 8.66. The van der Waals surface area contributed by atoms with Gasteiger partial charge in [0.1, 0.15) is 5.75 Å². The number of aryl methyl sites for hydroxylation is 3. The number of benzene rings is 2. The number of rotatable bonds is 6. The highest BCUT2D eigenvalue weighted by atomic mass is 16.5. The Morgan fingerprint density at radius 2 is 1.85 bits per heavy atom. The number of hydrogen-bond acceptors (Lipinski definition) is 7. The third-order valence-corrected chi connectivity index (χ3v) is 6.04. The third kappa shape index (κ3) is 5.09. The molecule has 0 saturated carbocycles. The maximum atomic E-state index is 11.5. The molecule has 1 aliphatic heterocycles. The van der Waals surface area contributed by atoms with Crippen molar-refractivity contribution >= 4 is 17.5 Å². The topological polar surface area (TPSA) is 117 Å². The van der Waals surface area contributed by atoms with Gasteiger partial charge in [0.15, 0.2) is 0 Å². The van der Waals surface area contributed by atoms with Crippen LogP contribution in [-0.4, -0.2) is 35.0 Å². The Kier molecular flexibility index (Phi) is 6.64. The summed E-state index contributed by atoms with van der Waals surface area (Å²) in [5.41, 5.74) is 10.2. The number of piperidine rings is 1. The average Bonchev–Trinajstić information content (AvgIpc) is 2.83. The summed E-state index contributed by atoms with van der Waals surface area (Å²) in [6, 6.07) is 13.5. The smallest absolute Gasteiger partial charge is 0.248 e. The predicted octanol–water partition coefficient (Wildman–Crippen LogP) is 4.25. The van der Waals surface area contributed by atoms with Gasteiger partial charge in [-0.25, -0.2) is 4.98 Å². The van der Waals surface area contributed by atoms with Crippen LogP contribution >= 0.6 is 0 Å². The van der Waals surface area contributed by atoms with Gasteiger partial charge in [-0.1, -0.05) is 6.07 Å². The number of nitriles is 1. The predicted molar refractivity (Wildman–Crippen MR) is 131 cm³/mol. The third-order valence-electron chi connectivity index (χ3n) is 6.04. The maximum absolute atomic E-state index is 11.5. The first kappa shape index (κ1) is 23.1. The Morgan fingerprint density at radius 3 is 2.50 bits per heavy atom. The van der Waals surface area contributed by atoms with Gasteiger partial charge in [-0.2, -0.15) is 10.2 Å². The van der Waals surface area contributed by atoms with Crippen molar-refractivity contribution in [3.8, 4) is 17.7 Å². The number of carbonyl (C=O) groups is 1. The van der Waals surface area contributed by atoms with Crippen molar-refractivity contribution in [1.82, 2.24) is 9.97 Å². The van der Waals surface area contributed by atoms with Crippen LogP contribution in [0.5, 0.6) is 11.6 Å². The SMILES string of the molecule is Cc1cnc(NC2CCN(c3cccc(C(N)=O)c3)CC2)nc1Oc1c(C)cc(C#N)cc1C. The number of primary amides is 1. The molecule has 0 unspecified atom stereocenters. The fourth-order valence-electron chi connectivity index (χ4n) is 4.19. The van der Waals surface area contributed by atoms with Gasteiger partial charge in [0.25, 0.3) is 0 Å². The maximum Gasteiger partial charge on any atom is 0.248 e. The van der Waals surface area contributed by atoms with E-state index in [0.717, 1.165) is 48.3 Å². The normalized spacial score (nSPS) is 13.9. The van der Waals surface area contributed by atoms with Gasteiger partial charge in [0.2, 0.25) is 17.7 Å². The molecule has 174 valence electrons. The van der Waals surface area contributed by atoms with E-state index in [1.807, 2.05) is 51.1 Å². The van der Waals surface area contributed by atoms with E-state index in [9.17, 15) is 10.1 Å². The molecule has 34 heavy (non-hydrogen) atoms. The molecule has 0 atom stereocenters. The lowest BCUT2D eigenvalue weighted by atomic mass is 10.0. The first-order valence-electron chi connectivity index (χ1n) is 11.3. The fourth-order valence-corrected chi connectivity index (χ4v) is 4.19. The Bertz CT molecular complexity index is 1240. The summed E-state index contributed by atoms with van der Waals surface area (Å²) in [7, 11) is 0. The minimum absolute atomic E-state index is 0.226. The average molecular weight is 457 g/mol. The van der Waals surface area contributed by atoms with Gasteiger partial charge in [-0.3, -0.25) is 4.79 Å². The standard InChI is InChI=1S/C26H28N6O2/c1-16-11-19(14-27)12-17(2)23(16)34-25-18(3)15-29-26(31-25)30-21-7-9-32(10-8-21)22-6-4-5-20(13-22)24(28)33/h4-6,11-13,15,21H,7-10H2,1-3H3,(H2,28,33)(H,29,30,31). The summed E-state index contributed by atoms with van der Waals surface area (Å²) in [4.78, 5) is 22.8. The van der Waals surface area contributed by atoms with Crippen molar-refractivity contribution in [3.05, 3.63) is 70.4 Å². The molecule has 0 aliphatic carbocycles. The molecular formula is C26H28N6O2. The Balaban J connectivity index is 1.42. The van der Waals surface area contributed by atoms with Gasteiger partial charge in [0, 0.05) is 42.1 Å². The molecule has 1 aromatic heterocycles. The fraction of sp³-hybridized carbons (Fsp3) is 0.308. The summed E-state index contributed by atoms with van der Waals surface area (Å²) in [6.07, 6.45) is 3.56. The lowest BCUT2D eigenvalue weighted by Gasteiger charge is -2.34. The number of nitrogens with two attached hydrogens (primary N) is 1. The number of amides is 1. The van der Waals surface area contributed by atoms with E-state index in [2.05, 4.69) is 26.3 Å². The lowest BCUT2D eigenvalue weighted by Crippen LogP contribution is -2.39. The van der Waals surface area contributed by atoms with E-state index in [1.165, 1.54) is 0 Å². The Morgan fingerprint density at radius 1 is 1.15 bits per heavy atom. The van der Waals surface area contributed by atoms with E-state index in [0.29, 0.717) is 28.7 Å². The van der Waals surface area contributed by atoms with Crippen molar-refractivity contribution < 1.29 is 9.53 Å². The minimum atomic E-state index is -0.417. The largest absolute Gasteiger partial charge is 0.438 e. The van der Waals surface area contributed by atoms with E-state index in [4.69, 9.17) is 10.5 Å². The van der Waals surface area contributed by atoms with Crippen LogP contribution in [0, 0.1) is 32.1 Å². The number of nitrogens with zero attached hydrogens (tertiary/aromatic N) is 4. The highest BCUT2D eigenvalue weighted by Crippen LogP contribution is 2.31. The Labute approximate surface area is 199 Å². The van der Waals surface area contributed by atoms with Gasteiger partial charge >= 0.3 is 0 Å². The molecule has 0 radical (unpaired) electrons.